The van der Waals surface area contributed by atoms with Crippen LogP contribution < -0.4 is 10.4 Å². The van der Waals surface area contributed by atoms with E-state index in [0.717, 1.165) is 12.8 Å². The van der Waals surface area contributed by atoms with Crippen LogP contribution >= 0.6 is 0 Å². The Morgan fingerprint density at radius 1 is 1.04 bits per heavy atom. The highest BCUT2D eigenvalue weighted by molar-refractivity contribution is 7.03. The Balaban J connectivity index is 1.74. The van der Waals surface area contributed by atoms with Gasteiger partial charge in [0, 0.05) is 25.1 Å². The van der Waals surface area contributed by atoms with Crippen molar-refractivity contribution in [1.29, 1.82) is 0 Å². The Labute approximate surface area is 163 Å². The van der Waals surface area contributed by atoms with Crippen LogP contribution in [0, 0.1) is 0 Å². The minimum absolute atomic E-state index is 0.00170. The molecule has 1 atom stereocenters. The molecule has 3 rings (SSSR count). The topological polar surface area (TPSA) is 38.8 Å². The van der Waals surface area contributed by atoms with Gasteiger partial charge in [0.1, 0.15) is 0 Å². The van der Waals surface area contributed by atoms with Gasteiger partial charge in [-0.1, -0.05) is 68.4 Å². The SMILES string of the molecule is CON(C)C(=O)CCCCO[Si]1(c2ccccc2)c2ccccc2C1(C)C. The van der Waals surface area contributed by atoms with Gasteiger partial charge in [-0.3, -0.25) is 9.63 Å². The van der Waals surface area contributed by atoms with E-state index < -0.39 is 8.32 Å². The fourth-order valence-electron chi connectivity index (χ4n) is 4.19. The van der Waals surface area contributed by atoms with E-state index in [9.17, 15) is 4.79 Å². The summed E-state index contributed by atoms with van der Waals surface area (Å²) >= 11 is 0. The second-order valence-electron chi connectivity index (χ2n) is 7.60. The molecular weight excluding hydrogens is 354 g/mol. The molecule has 0 saturated heterocycles. The van der Waals surface area contributed by atoms with Gasteiger partial charge >= 0.3 is 0 Å². The smallest absolute Gasteiger partial charge is 0.265 e. The van der Waals surface area contributed by atoms with E-state index in [-0.39, 0.29) is 10.9 Å². The summed E-state index contributed by atoms with van der Waals surface area (Å²) in [7, 11) is 0.856. The summed E-state index contributed by atoms with van der Waals surface area (Å²) in [5.74, 6) is 0.00170. The molecule has 5 heteroatoms. The van der Waals surface area contributed by atoms with E-state index in [1.807, 2.05) is 0 Å². The van der Waals surface area contributed by atoms with Crippen molar-refractivity contribution in [2.45, 2.75) is 38.1 Å². The first-order valence-electron chi connectivity index (χ1n) is 9.55. The Morgan fingerprint density at radius 3 is 2.41 bits per heavy atom. The molecule has 0 aromatic heterocycles. The maximum absolute atomic E-state index is 11.9. The fraction of sp³-hybridized carbons (Fsp3) is 0.409. The lowest BCUT2D eigenvalue weighted by Gasteiger charge is -2.55. The van der Waals surface area contributed by atoms with Crippen molar-refractivity contribution in [3.63, 3.8) is 0 Å². The quantitative estimate of drug-likeness (QED) is 0.400. The van der Waals surface area contributed by atoms with E-state index in [0.29, 0.717) is 13.0 Å². The van der Waals surface area contributed by atoms with E-state index >= 15 is 0 Å². The summed E-state index contributed by atoms with van der Waals surface area (Å²) in [6.45, 7) is 5.29. The van der Waals surface area contributed by atoms with Gasteiger partial charge in [-0.25, -0.2) is 5.06 Å². The maximum Gasteiger partial charge on any atom is 0.265 e. The monoisotopic (exact) mass is 383 g/mol. The third-order valence-corrected chi connectivity index (χ3v) is 10.8. The Bertz CT molecular complexity index is 793. The number of unbranched alkanes of at least 4 members (excludes halogenated alkanes) is 1. The van der Waals surface area contributed by atoms with Gasteiger partial charge in [0.2, 0.25) is 5.91 Å². The van der Waals surface area contributed by atoms with Crippen molar-refractivity contribution < 1.29 is 14.1 Å². The molecular formula is C22H29NO3Si. The highest BCUT2D eigenvalue weighted by atomic mass is 28.4. The van der Waals surface area contributed by atoms with Gasteiger partial charge < -0.3 is 4.43 Å². The molecule has 144 valence electrons. The molecule has 1 aliphatic heterocycles. The lowest BCUT2D eigenvalue weighted by molar-refractivity contribution is -0.168. The molecule has 4 nitrogen and oxygen atoms in total. The molecule has 0 aliphatic carbocycles. The highest BCUT2D eigenvalue weighted by Gasteiger charge is 2.62. The van der Waals surface area contributed by atoms with Crippen LogP contribution in [-0.4, -0.2) is 40.1 Å². The van der Waals surface area contributed by atoms with E-state index in [1.165, 1.54) is 28.1 Å². The van der Waals surface area contributed by atoms with Crippen LogP contribution in [0.4, 0.5) is 0 Å². The van der Waals surface area contributed by atoms with Gasteiger partial charge in [0.15, 0.2) is 0 Å². The van der Waals surface area contributed by atoms with Crippen molar-refractivity contribution in [2.24, 2.45) is 0 Å². The van der Waals surface area contributed by atoms with Crippen molar-refractivity contribution in [3.8, 4) is 0 Å². The number of carbonyl (C=O) groups is 1. The van der Waals surface area contributed by atoms with Crippen molar-refractivity contribution in [3.05, 3.63) is 60.2 Å². The van der Waals surface area contributed by atoms with Gasteiger partial charge in [-0.15, -0.1) is 0 Å². The molecule has 2 aromatic rings. The molecule has 0 bridgehead atoms. The third kappa shape index (κ3) is 3.35. The number of nitrogens with zero attached hydrogens (tertiary/aromatic N) is 1. The molecule has 0 N–H and O–H groups in total. The molecule has 27 heavy (non-hydrogen) atoms. The second kappa shape index (κ2) is 7.96. The summed E-state index contributed by atoms with van der Waals surface area (Å²) in [5.41, 5.74) is 1.40. The molecule has 0 spiro atoms. The van der Waals surface area contributed by atoms with E-state index in [1.54, 1.807) is 7.05 Å². The van der Waals surface area contributed by atoms with Crippen LogP contribution in [-0.2, 0) is 19.1 Å². The maximum atomic E-state index is 11.9. The zero-order chi connectivity index (χ0) is 19.5. The van der Waals surface area contributed by atoms with Crippen molar-refractivity contribution in [2.75, 3.05) is 20.8 Å². The van der Waals surface area contributed by atoms with Crippen LogP contribution in [0.2, 0.25) is 0 Å². The zero-order valence-electron chi connectivity index (χ0n) is 16.7. The summed E-state index contributed by atoms with van der Waals surface area (Å²) in [6, 6.07) is 19.4. The molecule has 1 heterocycles. The van der Waals surface area contributed by atoms with Crippen LogP contribution in [0.1, 0.15) is 38.7 Å². The number of benzene rings is 2. The Kier molecular flexibility index (Phi) is 5.84. The van der Waals surface area contributed by atoms with Crippen LogP contribution in [0.25, 0.3) is 0 Å². The molecule has 1 amide bonds. The zero-order valence-corrected chi connectivity index (χ0v) is 17.7. The summed E-state index contributed by atoms with van der Waals surface area (Å²) in [6.07, 6.45) is 2.14. The summed E-state index contributed by atoms with van der Waals surface area (Å²) in [4.78, 5) is 16.8. The van der Waals surface area contributed by atoms with Crippen LogP contribution in [0.15, 0.2) is 54.6 Å². The third-order valence-electron chi connectivity index (χ3n) is 5.77. The largest absolute Gasteiger partial charge is 0.407 e. The average Bonchev–Trinajstić information content (AvgIpc) is 2.70. The highest BCUT2D eigenvalue weighted by Crippen LogP contribution is 2.42. The minimum atomic E-state index is -2.29. The van der Waals surface area contributed by atoms with Gasteiger partial charge in [-0.2, -0.15) is 0 Å². The first-order valence-corrected chi connectivity index (χ1v) is 11.5. The average molecular weight is 384 g/mol. The van der Waals surface area contributed by atoms with Crippen LogP contribution in [0.3, 0.4) is 0 Å². The number of hydrogen-bond acceptors (Lipinski definition) is 3. The van der Waals surface area contributed by atoms with E-state index in [4.69, 9.17) is 9.26 Å². The lowest BCUT2D eigenvalue weighted by atomic mass is 10.0. The van der Waals surface area contributed by atoms with Gasteiger partial charge in [0.05, 0.1) is 7.11 Å². The second-order valence-corrected chi connectivity index (χ2v) is 11.6. The predicted molar refractivity (Wildman–Crippen MR) is 111 cm³/mol. The summed E-state index contributed by atoms with van der Waals surface area (Å²) in [5, 5.41) is 4.02. The standard InChI is InChI=1S/C22H29NO3Si/c1-22(2)19-14-8-9-15-20(19)27(22,18-12-6-5-7-13-18)26-17-11-10-16-21(24)23(3)25-4/h5-9,12-15H,10-11,16-17H2,1-4H3. The van der Waals surface area contributed by atoms with Gasteiger partial charge in [0.25, 0.3) is 8.32 Å². The number of hydrogen-bond donors (Lipinski definition) is 0. The van der Waals surface area contributed by atoms with Crippen molar-refractivity contribution in [1.82, 2.24) is 5.06 Å². The van der Waals surface area contributed by atoms with Crippen molar-refractivity contribution >= 4 is 24.6 Å². The first kappa shape index (κ1) is 19.8. The number of rotatable bonds is 8. The molecule has 0 fully saturated rings. The van der Waals surface area contributed by atoms with E-state index in [2.05, 4.69) is 68.4 Å². The predicted octanol–water partition coefficient (Wildman–Crippen LogP) is 2.78. The molecule has 2 aromatic carbocycles. The number of hydroxylamine groups is 2. The molecule has 0 saturated carbocycles. The molecule has 0 radical (unpaired) electrons. The van der Waals surface area contributed by atoms with Crippen LogP contribution in [0.5, 0.6) is 0 Å². The Morgan fingerprint density at radius 2 is 1.70 bits per heavy atom. The number of amides is 1. The fourth-order valence-corrected chi connectivity index (χ4v) is 9.21. The van der Waals surface area contributed by atoms with Gasteiger partial charge in [-0.05, 0) is 28.8 Å². The number of fused-ring (bicyclic) bond motifs is 1. The molecule has 1 unspecified atom stereocenters. The normalized spacial score (nSPS) is 19.9. The lowest BCUT2D eigenvalue weighted by Crippen LogP contribution is -2.80. The number of carbonyl (C=O) groups excluding carboxylic acids is 1. The first-order chi connectivity index (χ1) is 12.9. The Hall–Kier alpha value is -1.95. The molecule has 1 aliphatic rings. The summed E-state index contributed by atoms with van der Waals surface area (Å²) < 4.78 is 6.74. The minimum Gasteiger partial charge on any atom is -0.407 e.